The van der Waals surface area contributed by atoms with Gasteiger partial charge >= 0.3 is 0 Å². The average Bonchev–Trinajstić information content (AvgIpc) is 3.19. The molecule has 28 heavy (non-hydrogen) atoms. The first-order valence-corrected chi connectivity index (χ1v) is 9.92. The van der Waals surface area contributed by atoms with Crippen molar-refractivity contribution in [3.8, 4) is 0 Å². The van der Waals surface area contributed by atoms with Crippen LogP contribution >= 0.6 is 22.9 Å². The van der Waals surface area contributed by atoms with Crippen LogP contribution in [0.5, 0.6) is 0 Å². The van der Waals surface area contributed by atoms with Gasteiger partial charge in [0, 0.05) is 22.0 Å². The SMILES string of the molecule is Cc1ccc(N2CN=c3s/c(=C4\C(=O)Nc5ccccc54)c(=O)n3C2)cc1Cl. The summed E-state index contributed by atoms with van der Waals surface area (Å²) in [5.74, 6) is -0.250. The molecule has 140 valence electrons. The summed E-state index contributed by atoms with van der Waals surface area (Å²) >= 11 is 7.51. The van der Waals surface area contributed by atoms with Gasteiger partial charge < -0.3 is 10.2 Å². The number of rotatable bonds is 1. The largest absolute Gasteiger partial charge is 0.334 e. The third-order valence-corrected chi connectivity index (χ3v) is 6.49. The summed E-state index contributed by atoms with van der Waals surface area (Å²) in [6, 6.07) is 13.2. The van der Waals surface area contributed by atoms with Crippen LogP contribution in [0.25, 0.3) is 5.57 Å². The lowest BCUT2D eigenvalue weighted by molar-refractivity contribution is -0.110. The maximum Gasteiger partial charge on any atom is 0.272 e. The Morgan fingerprint density at radius 3 is 2.82 bits per heavy atom. The van der Waals surface area contributed by atoms with E-state index in [9.17, 15) is 9.59 Å². The summed E-state index contributed by atoms with van der Waals surface area (Å²) in [4.78, 5) is 32.8. The van der Waals surface area contributed by atoms with Crippen molar-refractivity contribution < 1.29 is 4.79 Å². The van der Waals surface area contributed by atoms with Crippen LogP contribution in [0, 0.1) is 6.92 Å². The zero-order valence-corrected chi connectivity index (χ0v) is 16.5. The van der Waals surface area contributed by atoms with E-state index in [-0.39, 0.29) is 11.5 Å². The molecule has 1 N–H and O–H groups in total. The van der Waals surface area contributed by atoms with Gasteiger partial charge in [-0.25, -0.2) is 4.99 Å². The molecule has 2 aliphatic rings. The van der Waals surface area contributed by atoms with Crippen molar-refractivity contribution in [2.24, 2.45) is 4.99 Å². The van der Waals surface area contributed by atoms with Gasteiger partial charge in [0.1, 0.15) is 17.9 Å². The fraction of sp³-hybridized carbons (Fsp3) is 0.150. The minimum atomic E-state index is -0.250. The smallest absolute Gasteiger partial charge is 0.272 e. The molecule has 5 rings (SSSR count). The molecule has 0 atom stereocenters. The molecule has 8 heteroatoms. The number of halogens is 1. The van der Waals surface area contributed by atoms with E-state index in [2.05, 4.69) is 10.3 Å². The van der Waals surface area contributed by atoms with Gasteiger partial charge in [-0.3, -0.25) is 14.2 Å². The highest BCUT2D eigenvalue weighted by Gasteiger charge is 2.27. The molecule has 0 fully saturated rings. The van der Waals surface area contributed by atoms with Gasteiger partial charge in [-0.05, 0) is 30.7 Å². The van der Waals surface area contributed by atoms with Crippen LogP contribution in [-0.2, 0) is 11.5 Å². The molecule has 0 unspecified atom stereocenters. The molecule has 0 aliphatic carbocycles. The summed E-state index contributed by atoms with van der Waals surface area (Å²) in [6.45, 7) is 2.74. The van der Waals surface area contributed by atoms with E-state index in [4.69, 9.17) is 11.6 Å². The van der Waals surface area contributed by atoms with E-state index in [1.165, 1.54) is 11.3 Å². The van der Waals surface area contributed by atoms with E-state index in [1.54, 1.807) is 4.57 Å². The monoisotopic (exact) mass is 410 g/mol. The quantitative estimate of drug-likeness (QED) is 0.668. The van der Waals surface area contributed by atoms with E-state index in [1.807, 2.05) is 54.3 Å². The molecule has 0 saturated heterocycles. The second-order valence-electron chi connectivity index (χ2n) is 6.74. The maximum absolute atomic E-state index is 13.1. The van der Waals surface area contributed by atoms with Crippen LogP contribution < -0.4 is 25.1 Å². The van der Waals surface area contributed by atoms with E-state index in [0.717, 1.165) is 22.5 Å². The van der Waals surface area contributed by atoms with Crippen molar-refractivity contribution in [3.05, 3.63) is 78.3 Å². The summed E-state index contributed by atoms with van der Waals surface area (Å²) in [5.41, 5.74) is 3.61. The Kier molecular flexibility index (Phi) is 3.89. The number of anilines is 2. The number of nitrogens with one attached hydrogen (secondary N) is 1. The number of para-hydroxylation sites is 1. The normalized spacial score (nSPS) is 17.1. The fourth-order valence-electron chi connectivity index (χ4n) is 3.45. The van der Waals surface area contributed by atoms with E-state index in [0.29, 0.717) is 33.3 Å². The van der Waals surface area contributed by atoms with Gasteiger partial charge in [0.25, 0.3) is 11.5 Å². The molecule has 2 aliphatic heterocycles. The van der Waals surface area contributed by atoms with Gasteiger partial charge in [0.2, 0.25) is 0 Å². The molecule has 2 aromatic carbocycles. The highest BCUT2D eigenvalue weighted by molar-refractivity contribution is 7.07. The molecule has 1 aromatic heterocycles. The number of aryl methyl sites for hydroxylation is 1. The van der Waals surface area contributed by atoms with E-state index >= 15 is 0 Å². The van der Waals surface area contributed by atoms with E-state index < -0.39 is 0 Å². The van der Waals surface area contributed by atoms with Gasteiger partial charge in [-0.1, -0.05) is 47.2 Å². The fourth-order valence-corrected chi connectivity index (χ4v) is 4.68. The van der Waals surface area contributed by atoms with Crippen molar-refractivity contribution in [2.45, 2.75) is 13.6 Å². The Bertz CT molecular complexity index is 1320. The molecule has 6 nitrogen and oxygen atoms in total. The highest BCUT2D eigenvalue weighted by atomic mass is 35.5. The predicted octanol–water partition coefficient (Wildman–Crippen LogP) is 2.08. The van der Waals surface area contributed by atoms with Crippen LogP contribution in [0.15, 0.2) is 52.3 Å². The lowest BCUT2D eigenvalue weighted by atomic mass is 10.1. The van der Waals surface area contributed by atoms with Crippen molar-refractivity contribution in [3.63, 3.8) is 0 Å². The molecular weight excluding hydrogens is 396 g/mol. The number of aromatic nitrogens is 1. The highest BCUT2D eigenvalue weighted by Crippen LogP contribution is 2.29. The lowest BCUT2D eigenvalue weighted by Crippen LogP contribution is -2.43. The number of thiazole rings is 1. The standard InChI is InChI=1S/C20H15ClN4O2S/c1-11-6-7-12(8-14(11)21)24-9-22-20-25(10-24)19(27)17(28-20)16-13-4-2-3-5-15(13)23-18(16)26/h2-8H,9-10H2,1H3,(H,23,26)/b17-16-. The molecule has 0 radical (unpaired) electrons. The number of amides is 1. The first kappa shape index (κ1) is 17.2. The number of hydrogen-bond acceptors (Lipinski definition) is 5. The van der Waals surface area contributed by atoms with Gasteiger partial charge in [0.05, 0.1) is 5.57 Å². The van der Waals surface area contributed by atoms with Gasteiger partial charge in [-0.2, -0.15) is 0 Å². The molecule has 3 aromatic rings. The van der Waals surface area contributed by atoms with Crippen molar-refractivity contribution in [1.82, 2.24) is 4.57 Å². The zero-order valence-electron chi connectivity index (χ0n) is 14.9. The first-order valence-electron chi connectivity index (χ1n) is 8.73. The Hall–Kier alpha value is -2.90. The maximum atomic E-state index is 13.1. The summed E-state index contributed by atoms with van der Waals surface area (Å²) < 4.78 is 2.03. The predicted molar refractivity (Wildman–Crippen MR) is 110 cm³/mol. The molecule has 0 bridgehead atoms. The topological polar surface area (TPSA) is 66.7 Å². The van der Waals surface area contributed by atoms with Crippen LogP contribution in [0.3, 0.4) is 0 Å². The summed E-state index contributed by atoms with van der Waals surface area (Å²) in [7, 11) is 0. The first-order chi connectivity index (χ1) is 13.5. The number of fused-ring (bicyclic) bond motifs is 2. The molecule has 0 spiro atoms. The molecule has 0 saturated carbocycles. The number of nitrogens with zero attached hydrogens (tertiary/aromatic N) is 3. The third-order valence-electron chi connectivity index (χ3n) is 4.97. The van der Waals surface area contributed by atoms with Gasteiger partial charge in [0.15, 0.2) is 4.80 Å². The van der Waals surface area contributed by atoms with Crippen molar-refractivity contribution >= 4 is 45.8 Å². The average molecular weight is 411 g/mol. The molecule has 1 amide bonds. The van der Waals surface area contributed by atoms with Crippen molar-refractivity contribution in [2.75, 3.05) is 16.9 Å². The van der Waals surface area contributed by atoms with Crippen LogP contribution in [0.4, 0.5) is 11.4 Å². The van der Waals surface area contributed by atoms with Crippen LogP contribution in [0.1, 0.15) is 11.1 Å². The third kappa shape index (κ3) is 2.58. The minimum Gasteiger partial charge on any atom is -0.334 e. The number of hydrogen-bond donors (Lipinski definition) is 1. The minimum absolute atomic E-state index is 0.200. The zero-order chi connectivity index (χ0) is 19.4. The van der Waals surface area contributed by atoms with Crippen LogP contribution in [-0.4, -0.2) is 17.1 Å². The van der Waals surface area contributed by atoms with Gasteiger partial charge in [-0.15, -0.1) is 0 Å². The summed E-state index contributed by atoms with van der Waals surface area (Å²) in [5, 5.41) is 3.50. The lowest BCUT2D eigenvalue weighted by Gasteiger charge is -2.26. The molecule has 3 heterocycles. The summed E-state index contributed by atoms with van der Waals surface area (Å²) in [6.07, 6.45) is 0. The molecular formula is C20H15ClN4O2S. The Morgan fingerprint density at radius 1 is 1.18 bits per heavy atom. The van der Waals surface area contributed by atoms with Crippen LogP contribution in [0.2, 0.25) is 5.02 Å². The second kappa shape index (κ2) is 6.32. The second-order valence-corrected chi connectivity index (χ2v) is 8.12. The Balaban J connectivity index is 1.63. The van der Waals surface area contributed by atoms with Crippen molar-refractivity contribution in [1.29, 1.82) is 0 Å². The number of benzene rings is 2. The number of carbonyl (C=O) groups is 1. The Labute approximate surface area is 169 Å². The number of carbonyl (C=O) groups excluding carboxylic acids is 1. The Morgan fingerprint density at radius 2 is 2.00 bits per heavy atom.